The van der Waals surface area contributed by atoms with Crippen molar-refractivity contribution >= 4 is 52.2 Å². The van der Waals surface area contributed by atoms with E-state index in [4.69, 9.17) is 17.3 Å². The molecule has 0 saturated carbocycles. The SMILES string of the molecule is CC[C@H](NC(=O)CCN1C(=O)/C(=C\C=C\c2ccccc2)SC1=S)C(=O)O. The normalized spacial score (nSPS) is 16.9. The average Bonchev–Trinajstić information content (AvgIpc) is 2.92. The highest BCUT2D eigenvalue weighted by atomic mass is 32.2. The predicted octanol–water partition coefficient (Wildman–Crippen LogP) is 2.81. The maximum Gasteiger partial charge on any atom is 0.326 e. The highest BCUT2D eigenvalue weighted by Gasteiger charge is 2.31. The Kier molecular flexibility index (Phi) is 7.75. The second kappa shape index (κ2) is 10.0. The molecule has 0 aliphatic carbocycles. The van der Waals surface area contributed by atoms with E-state index in [0.29, 0.717) is 15.6 Å². The number of hydrogen-bond acceptors (Lipinski definition) is 5. The number of amides is 2. The molecule has 1 aromatic carbocycles. The summed E-state index contributed by atoms with van der Waals surface area (Å²) in [4.78, 5) is 37.2. The monoisotopic (exact) mass is 404 g/mol. The van der Waals surface area contributed by atoms with Crippen LogP contribution in [0.15, 0.2) is 47.4 Å². The Bertz CT molecular complexity index is 790. The van der Waals surface area contributed by atoms with Crippen molar-refractivity contribution in [1.29, 1.82) is 0 Å². The zero-order valence-corrected chi connectivity index (χ0v) is 16.4. The van der Waals surface area contributed by atoms with Crippen molar-refractivity contribution < 1.29 is 19.5 Å². The smallest absolute Gasteiger partial charge is 0.326 e. The molecule has 0 bridgehead atoms. The van der Waals surface area contributed by atoms with E-state index in [1.165, 1.54) is 16.7 Å². The van der Waals surface area contributed by atoms with Gasteiger partial charge in [-0.3, -0.25) is 14.5 Å². The van der Waals surface area contributed by atoms with Crippen LogP contribution in [0.25, 0.3) is 6.08 Å². The van der Waals surface area contributed by atoms with E-state index in [9.17, 15) is 14.4 Å². The summed E-state index contributed by atoms with van der Waals surface area (Å²) < 4.78 is 0.387. The van der Waals surface area contributed by atoms with Crippen LogP contribution in [0.5, 0.6) is 0 Å². The first-order chi connectivity index (χ1) is 12.9. The number of benzene rings is 1. The van der Waals surface area contributed by atoms with E-state index in [2.05, 4.69) is 5.32 Å². The molecule has 6 nitrogen and oxygen atoms in total. The number of carboxylic acids is 1. The number of carboxylic acid groups (broad SMARTS) is 1. The molecule has 1 aliphatic rings. The van der Waals surface area contributed by atoms with Crippen LogP contribution in [0.4, 0.5) is 0 Å². The number of rotatable bonds is 8. The highest BCUT2D eigenvalue weighted by Crippen LogP contribution is 2.31. The number of nitrogens with one attached hydrogen (secondary N) is 1. The highest BCUT2D eigenvalue weighted by molar-refractivity contribution is 8.26. The summed E-state index contributed by atoms with van der Waals surface area (Å²) in [6, 6.07) is 8.77. The molecule has 1 aromatic rings. The van der Waals surface area contributed by atoms with Gasteiger partial charge in [-0.05, 0) is 18.1 Å². The molecule has 0 aromatic heterocycles. The van der Waals surface area contributed by atoms with Crippen LogP contribution in [-0.2, 0) is 14.4 Å². The van der Waals surface area contributed by atoms with Gasteiger partial charge >= 0.3 is 5.97 Å². The molecule has 1 fully saturated rings. The minimum absolute atomic E-state index is 0.0106. The number of carbonyl (C=O) groups excluding carboxylic acids is 2. The van der Waals surface area contributed by atoms with Gasteiger partial charge in [0.25, 0.3) is 5.91 Å². The Hall–Kier alpha value is -2.45. The molecule has 142 valence electrons. The lowest BCUT2D eigenvalue weighted by Crippen LogP contribution is -2.42. The number of aliphatic carboxylic acids is 1. The largest absolute Gasteiger partial charge is 0.480 e. The van der Waals surface area contributed by atoms with Gasteiger partial charge in [0, 0.05) is 13.0 Å². The van der Waals surface area contributed by atoms with E-state index in [-0.39, 0.29) is 18.9 Å². The molecule has 1 saturated heterocycles. The molecule has 27 heavy (non-hydrogen) atoms. The Balaban J connectivity index is 1.91. The van der Waals surface area contributed by atoms with Gasteiger partial charge in [-0.1, -0.05) is 73.4 Å². The third-order valence-electron chi connectivity index (χ3n) is 3.81. The fraction of sp³-hybridized carbons (Fsp3) is 0.263. The zero-order chi connectivity index (χ0) is 19.8. The first-order valence-electron chi connectivity index (χ1n) is 8.41. The Morgan fingerprint density at radius 2 is 2.04 bits per heavy atom. The molecule has 2 rings (SSSR count). The molecule has 0 radical (unpaired) electrons. The van der Waals surface area contributed by atoms with Crippen LogP contribution < -0.4 is 5.32 Å². The maximum absolute atomic E-state index is 12.4. The van der Waals surface area contributed by atoms with Gasteiger partial charge < -0.3 is 10.4 Å². The van der Waals surface area contributed by atoms with Gasteiger partial charge in [-0.15, -0.1) is 0 Å². The third kappa shape index (κ3) is 6.04. The minimum atomic E-state index is -1.08. The lowest BCUT2D eigenvalue weighted by Gasteiger charge is -2.16. The first kappa shape index (κ1) is 20.9. The van der Waals surface area contributed by atoms with Crippen molar-refractivity contribution in [1.82, 2.24) is 10.2 Å². The van der Waals surface area contributed by atoms with Gasteiger partial charge in [-0.25, -0.2) is 4.79 Å². The van der Waals surface area contributed by atoms with Crippen LogP contribution in [-0.4, -0.2) is 44.7 Å². The van der Waals surface area contributed by atoms with E-state index in [1.807, 2.05) is 36.4 Å². The quantitative estimate of drug-likeness (QED) is 0.512. The number of hydrogen-bond donors (Lipinski definition) is 2. The Labute approximate surface area is 167 Å². The second-order valence-corrected chi connectivity index (χ2v) is 7.42. The average molecular weight is 405 g/mol. The van der Waals surface area contributed by atoms with Crippen LogP contribution in [0.2, 0.25) is 0 Å². The van der Waals surface area contributed by atoms with Crippen LogP contribution in [0.1, 0.15) is 25.3 Å². The fourth-order valence-electron chi connectivity index (χ4n) is 2.34. The third-order valence-corrected chi connectivity index (χ3v) is 5.21. The topological polar surface area (TPSA) is 86.7 Å². The minimum Gasteiger partial charge on any atom is -0.480 e. The Morgan fingerprint density at radius 1 is 1.33 bits per heavy atom. The fourth-order valence-corrected chi connectivity index (χ4v) is 3.60. The number of thiocarbonyl (C=S) groups is 1. The number of allylic oxidation sites excluding steroid dienone is 2. The summed E-state index contributed by atoms with van der Waals surface area (Å²) in [5, 5.41) is 11.4. The molecular formula is C19H20N2O4S2. The summed E-state index contributed by atoms with van der Waals surface area (Å²) in [5.41, 5.74) is 1.02. The van der Waals surface area contributed by atoms with E-state index >= 15 is 0 Å². The molecule has 0 unspecified atom stereocenters. The lowest BCUT2D eigenvalue weighted by atomic mass is 10.2. The van der Waals surface area contributed by atoms with Crippen LogP contribution >= 0.6 is 24.0 Å². The van der Waals surface area contributed by atoms with E-state index in [0.717, 1.165) is 5.56 Å². The molecule has 1 aliphatic heterocycles. The number of carbonyl (C=O) groups is 3. The van der Waals surface area contributed by atoms with Crippen molar-refractivity contribution in [3.63, 3.8) is 0 Å². The first-order valence-corrected chi connectivity index (χ1v) is 9.64. The molecule has 2 N–H and O–H groups in total. The second-order valence-electron chi connectivity index (χ2n) is 5.74. The zero-order valence-electron chi connectivity index (χ0n) is 14.8. The summed E-state index contributed by atoms with van der Waals surface area (Å²) >= 11 is 6.40. The number of thioether (sulfide) groups is 1. The lowest BCUT2D eigenvalue weighted by molar-refractivity contribution is -0.142. The van der Waals surface area contributed by atoms with Gasteiger partial charge in [0.2, 0.25) is 5.91 Å². The summed E-state index contributed by atoms with van der Waals surface area (Å²) in [6.45, 7) is 1.79. The van der Waals surface area contributed by atoms with Gasteiger partial charge in [0.1, 0.15) is 10.4 Å². The Morgan fingerprint density at radius 3 is 2.67 bits per heavy atom. The molecule has 8 heteroatoms. The van der Waals surface area contributed by atoms with Crippen molar-refractivity contribution in [2.24, 2.45) is 0 Å². The summed E-state index contributed by atoms with van der Waals surface area (Å²) in [7, 11) is 0. The summed E-state index contributed by atoms with van der Waals surface area (Å²) in [6.07, 6.45) is 5.65. The van der Waals surface area contributed by atoms with E-state index in [1.54, 1.807) is 19.1 Å². The van der Waals surface area contributed by atoms with Crippen LogP contribution in [0, 0.1) is 0 Å². The van der Waals surface area contributed by atoms with Crippen molar-refractivity contribution in [2.45, 2.75) is 25.8 Å². The molecule has 2 amide bonds. The van der Waals surface area contributed by atoms with Crippen molar-refractivity contribution in [3.05, 3.63) is 53.0 Å². The maximum atomic E-state index is 12.4. The van der Waals surface area contributed by atoms with Gasteiger partial charge in [0.05, 0.1) is 4.91 Å². The predicted molar refractivity (Wildman–Crippen MR) is 110 cm³/mol. The molecule has 1 heterocycles. The van der Waals surface area contributed by atoms with E-state index < -0.39 is 17.9 Å². The number of nitrogens with zero attached hydrogens (tertiary/aromatic N) is 1. The molecule has 1 atom stereocenters. The molecular weight excluding hydrogens is 384 g/mol. The van der Waals surface area contributed by atoms with Crippen molar-refractivity contribution in [3.8, 4) is 0 Å². The van der Waals surface area contributed by atoms with Gasteiger partial charge in [0.15, 0.2) is 0 Å². The summed E-state index contributed by atoms with van der Waals surface area (Å²) in [5.74, 6) is -1.75. The molecule has 0 spiro atoms. The van der Waals surface area contributed by atoms with Gasteiger partial charge in [-0.2, -0.15) is 0 Å². The standard InChI is InChI=1S/C19H20N2O4S2/c1-2-14(18(24)25)20-16(22)11-12-21-17(23)15(27-19(21)26)10-6-9-13-7-4-3-5-8-13/h3-10,14H,2,11-12H2,1H3,(H,20,22)(H,24,25)/b9-6+,15-10+/t14-/m0/s1. The van der Waals surface area contributed by atoms with Crippen molar-refractivity contribution in [2.75, 3.05) is 6.54 Å². The van der Waals surface area contributed by atoms with Crippen LogP contribution in [0.3, 0.4) is 0 Å².